The number of methoxy groups -OCH3 is 1. The molecule has 2 aromatic carbocycles. The zero-order chi connectivity index (χ0) is 20.1. The first-order valence-electron chi connectivity index (χ1n) is 9.45. The van der Waals surface area contributed by atoms with E-state index < -0.39 is 6.04 Å². The summed E-state index contributed by atoms with van der Waals surface area (Å²) in [7, 11) is 1.55. The zero-order valence-electron chi connectivity index (χ0n) is 16.5. The lowest BCUT2D eigenvalue weighted by atomic mass is 10.0. The van der Waals surface area contributed by atoms with E-state index in [4.69, 9.17) is 9.47 Å². The van der Waals surface area contributed by atoms with Gasteiger partial charge in [-0.2, -0.15) is 0 Å². The lowest BCUT2D eigenvalue weighted by Crippen LogP contribution is -2.52. The highest BCUT2D eigenvalue weighted by atomic mass is 16.5. The molecule has 0 aromatic heterocycles. The van der Waals surface area contributed by atoms with Crippen LogP contribution in [0.3, 0.4) is 0 Å². The van der Waals surface area contributed by atoms with Crippen molar-refractivity contribution in [2.75, 3.05) is 25.2 Å². The van der Waals surface area contributed by atoms with Crippen molar-refractivity contribution in [3.63, 3.8) is 0 Å². The molecule has 0 saturated heterocycles. The number of benzene rings is 2. The Labute approximate surface area is 165 Å². The van der Waals surface area contributed by atoms with Crippen LogP contribution < -0.4 is 19.7 Å². The molecule has 0 radical (unpaired) electrons. The number of anilines is 1. The summed E-state index contributed by atoms with van der Waals surface area (Å²) in [6.07, 6.45) is 0.831. The third-order valence-electron chi connectivity index (χ3n) is 4.83. The molecule has 1 N–H and O–H groups in total. The van der Waals surface area contributed by atoms with Gasteiger partial charge in [-0.25, -0.2) is 0 Å². The number of carbonyl (C=O) groups is 2. The second-order valence-electron chi connectivity index (χ2n) is 7.10. The van der Waals surface area contributed by atoms with Crippen LogP contribution in [0.15, 0.2) is 48.5 Å². The molecule has 1 heterocycles. The Balaban J connectivity index is 1.64. The molecule has 1 aliphatic heterocycles. The van der Waals surface area contributed by atoms with Crippen LogP contribution in [-0.4, -0.2) is 38.1 Å². The maximum absolute atomic E-state index is 13.1. The van der Waals surface area contributed by atoms with Crippen LogP contribution in [0.5, 0.6) is 11.5 Å². The fraction of sp³-hybridized carbons (Fsp3) is 0.364. The average Bonchev–Trinajstić information content (AvgIpc) is 3.14. The first-order valence-corrected chi connectivity index (χ1v) is 9.45. The van der Waals surface area contributed by atoms with Crippen molar-refractivity contribution in [3.8, 4) is 11.5 Å². The maximum Gasteiger partial charge on any atom is 0.258 e. The van der Waals surface area contributed by atoms with Crippen molar-refractivity contribution in [2.24, 2.45) is 5.92 Å². The molecule has 148 valence electrons. The molecule has 28 heavy (non-hydrogen) atoms. The number of ether oxygens (including phenoxy) is 2. The Kier molecular flexibility index (Phi) is 6.19. The maximum atomic E-state index is 13.1. The van der Waals surface area contributed by atoms with Crippen LogP contribution in [0.25, 0.3) is 0 Å². The average molecular weight is 382 g/mol. The molecule has 1 aliphatic rings. The summed E-state index contributed by atoms with van der Waals surface area (Å²) in [6, 6.07) is 14.4. The minimum atomic E-state index is -0.611. The van der Waals surface area contributed by atoms with Gasteiger partial charge in [-0.15, -0.1) is 0 Å². The standard InChI is InChI=1S/C22H26N2O4/c1-15(2)21(22(26)24-13-12-16-8-4-5-9-17(16)24)23-20(25)14-28-19-11-7-6-10-18(19)27-3/h4-11,15,21H,12-14H2,1-3H3,(H,23,25)/t21-/m0/s1. The molecule has 2 amide bonds. The number of amides is 2. The van der Waals surface area contributed by atoms with Gasteiger partial charge in [-0.1, -0.05) is 44.2 Å². The first-order chi connectivity index (χ1) is 13.5. The third kappa shape index (κ3) is 4.27. The van der Waals surface area contributed by atoms with Crippen molar-refractivity contribution >= 4 is 17.5 Å². The van der Waals surface area contributed by atoms with Crippen LogP contribution in [0, 0.1) is 5.92 Å². The summed E-state index contributed by atoms with van der Waals surface area (Å²) in [6.45, 7) is 4.29. The van der Waals surface area contributed by atoms with E-state index in [9.17, 15) is 9.59 Å². The van der Waals surface area contributed by atoms with Crippen molar-refractivity contribution in [1.82, 2.24) is 5.32 Å². The minimum absolute atomic E-state index is 0.0459. The fourth-order valence-corrected chi connectivity index (χ4v) is 3.35. The second kappa shape index (κ2) is 8.78. The summed E-state index contributed by atoms with van der Waals surface area (Å²) >= 11 is 0. The van der Waals surface area contributed by atoms with E-state index in [0.29, 0.717) is 18.0 Å². The lowest BCUT2D eigenvalue weighted by Gasteiger charge is -2.27. The van der Waals surface area contributed by atoms with Crippen LogP contribution in [0.2, 0.25) is 0 Å². The SMILES string of the molecule is COc1ccccc1OCC(=O)N[C@H](C(=O)N1CCc2ccccc21)C(C)C. The van der Waals surface area contributed by atoms with Crippen LogP contribution in [-0.2, 0) is 16.0 Å². The molecule has 0 saturated carbocycles. The minimum Gasteiger partial charge on any atom is -0.493 e. The molecule has 2 aromatic rings. The van der Waals surface area contributed by atoms with Gasteiger partial charge in [0.15, 0.2) is 18.1 Å². The van der Waals surface area contributed by atoms with Gasteiger partial charge in [-0.3, -0.25) is 9.59 Å². The number of carbonyl (C=O) groups excluding carboxylic acids is 2. The molecular formula is C22H26N2O4. The van der Waals surface area contributed by atoms with Crippen LogP contribution >= 0.6 is 0 Å². The molecule has 6 nitrogen and oxygen atoms in total. The predicted molar refractivity (Wildman–Crippen MR) is 108 cm³/mol. The van der Waals surface area contributed by atoms with E-state index in [-0.39, 0.29) is 24.3 Å². The van der Waals surface area contributed by atoms with E-state index in [0.717, 1.165) is 17.7 Å². The van der Waals surface area contributed by atoms with Gasteiger partial charge in [-0.05, 0) is 36.1 Å². The number of para-hydroxylation sites is 3. The Hall–Kier alpha value is -3.02. The number of nitrogens with zero attached hydrogens (tertiary/aromatic N) is 1. The van der Waals surface area contributed by atoms with Gasteiger partial charge >= 0.3 is 0 Å². The van der Waals surface area contributed by atoms with Gasteiger partial charge in [0.05, 0.1) is 7.11 Å². The van der Waals surface area contributed by atoms with Crippen molar-refractivity contribution in [2.45, 2.75) is 26.3 Å². The van der Waals surface area contributed by atoms with Crippen molar-refractivity contribution in [1.29, 1.82) is 0 Å². The van der Waals surface area contributed by atoms with E-state index in [1.165, 1.54) is 0 Å². The predicted octanol–water partition coefficient (Wildman–Crippen LogP) is 2.80. The second-order valence-corrected chi connectivity index (χ2v) is 7.10. The quantitative estimate of drug-likeness (QED) is 0.800. The number of nitrogens with one attached hydrogen (secondary N) is 1. The molecule has 3 rings (SSSR count). The van der Waals surface area contributed by atoms with Crippen molar-refractivity contribution < 1.29 is 19.1 Å². The summed E-state index contributed by atoms with van der Waals surface area (Å²) in [4.78, 5) is 27.3. The van der Waals surface area contributed by atoms with E-state index in [1.54, 1.807) is 30.2 Å². The lowest BCUT2D eigenvalue weighted by molar-refractivity contribution is -0.129. The fourth-order valence-electron chi connectivity index (χ4n) is 3.35. The smallest absolute Gasteiger partial charge is 0.258 e. The van der Waals surface area contributed by atoms with E-state index >= 15 is 0 Å². The van der Waals surface area contributed by atoms with Crippen LogP contribution in [0.4, 0.5) is 5.69 Å². The highest BCUT2D eigenvalue weighted by molar-refractivity contribution is 6.01. The molecule has 0 fully saturated rings. The number of fused-ring (bicyclic) bond motifs is 1. The number of rotatable bonds is 7. The van der Waals surface area contributed by atoms with Gasteiger partial charge in [0, 0.05) is 12.2 Å². The molecule has 0 unspecified atom stereocenters. The number of hydrogen-bond donors (Lipinski definition) is 1. The van der Waals surface area contributed by atoms with Gasteiger partial charge in [0.2, 0.25) is 5.91 Å². The Bertz CT molecular complexity index is 850. The summed E-state index contributed by atoms with van der Waals surface area (Å²) in [5.74, 6) is 0.563. The molecule has 0 spiro atoms. The van der Waals surface area contributed by atoms with E-state index in [2.05, 4.69) is 5.32 Å². The van der Waals surface area contributed by atoms with Crippen molar-refractivity contribution in [3.05, 3.63) is 54.1 Å². The summed E-state index contributed by atoms with van der Waals surface area (Å²) in [5.41, 5.74) is 2.09. The topological polar surface area (TPSA) is 67.9 Å². The van der Waals surface area contributed by atoms with Crippen LogP contribution in [0.1, 0.15) is 19.4 Å². The molecule has 0 aliphatic carbocycles. The Morgan fingerprint density at radius 3 is 2.46 bits per heavy atom. The largest absolute Gasteiger partial charge is 0.493 e. The number of hydrogen-bond acceptors (Lipinski definition) is 4. The highest BCUT2D eigenvalue weighted by Gasteiger charge is 2.32. The highest BCUT2D eigenvalue weighted by Crippen LogP contribution is 2.29. The van der Waals surface area contributed by atoms with Gasteiger partial charge in [0.1, 0.15) is 6.04 Å². The Morgan fingerprint density at radius 2 is 1.75 bits per heavy atom. The Morgan fingerprint density at radius 1 is 1.07 bits per heavy atom. The zero-order valence-corrected chi connectivity index (χ0v) is 16.5. The third-order valence-corrected chi connectivity index (χ3v) is 4.83. The monoisotopic (exact) mass is 382 g/mol. The molecule has 6 heteroatoms. The first kappa shape index (κ1) is 19.7. The van der Waals surface area contributed by atoms with E-state index in [1.807, 2.05) is 44.2 Å². The molecule has 1 atom stereocenters. The van der Waals surface area contributed by atoms with Gasteiger partial charge in [0.25, 0.3) is 5.91 Å². The summed E-state index contributed by atoms with van der Waals surface area (Å²) < 4.78 is 10.8. The van der Waals surface area contributed by atoms with Gasteiger partial charge < -0.3 is 19.7 Å². The molecular weight excluding hydrogens is 356 g/mol. The normalized spacial score (nSPS) is 13.8. The summed E-state index contributed by atoms with van der Waals surface area (Å²) in [5, 5.41) is 2.84. The molecule has 0 bridgehead atoms.